The number of carbonyl (C=O) groups is 3. The maximum atomic E-state index is 13.9. The van der Waals surface area contributed by atoms with Crippen molar-refractivity contribution in [2.45, 2.75) is 19.1 Å². The summed E-state index contributed by atoms with van der Waals surface area (Å²) in [6, 6.07) is 29.7. The molecule has 0 aliphatic carbocycles. The van der Waals surface area contributed by atoms with Gasteiger partial charge in [-0.3, -0.25) is 14.4 Å². The number of hydrogen-bond donors (Lipinski definition) is 0. The van der Waals surface area contributed by atoms with Crippen molar-refractivity contribution in [2.75, 3.05) is 17.1 Å². The minimum atomic E-state index is -1.00. The molecule has 2 heterocycles. The standard InChI is InChI=1S/C32H26N2O6/c1-20-11-9-10-16-24(20)33-30(35)27-28(34(40-29(27)31(33)36)23-14-7-4-8-15-23)22-17-18-25(26(19-22)38-2)39-32(37)21-12-5-3-6-13-21/h3-19,27-29H,1-2H3/t27-,28+,29+/m1/s1. The number of fused-ring (bicyclic) bond motifs is 1. The smallest absolute Gasteiger partial charge is 0.343 e. The first kappa shape index (κ1) is 25.3. The van der Waals surface area contributed by atoms with E-state index in [4.69, 9.17) is 14.3 Å². The summed E-state index contributed by atoms with van der Waals surface area (Å²) in [5.41, 5.74) is 3.12. The number of aryl methyl sites for hydroxylation is 1. The zero-order valence-electron chi connectivity index (χ0n) is 21.9. The van der Waals surface area contributed by atoms with E-state index in [1.807, 2.05) is 55.5 Å². The van der Waals surface area contributed by atoms with Crippen molar-refractivity contribution in [2.24, 2.45) is 5.92 Å². The number of nitrogens with zero attached hydrogens (tertiary/aromatic N) is 2. The summed E-state index contributed by atoms with van der Waals surface area (Å²) >= 11 is 0. The van der Waals surface area contributed by atoms with E-state index in [-0.39, 0.29) is 11.7 Å². The number of esters is 1. The molecule has 0 N–H and O–H groups in total. The fraction of sp³-hybridized carbons (Fsp3) is 0.156. The van der Waals surface area contributed by atoms with E-state index in [9.17, 15) is 14.4 Å². The summed E-state index contributed by atoms with van der Waals surface area (Å²) in [4.78, 5) is 47.7. The van der Waals surface area contributed by atoms with Crippen molar-refractivity contribution >= 4 is 29.2 Å². The van der Waals surface area contributed by atoms with Crippen LogP contribution in [0.15, 0.2) is 103 Å². The number of amides is 2. The van der Waals surface area contributed by atoms with E-state index < -0.39 is 29.9 Å². The summed E-state index contributed by atoms with van der Waals surface area (Å²) in [5, 5.41) is 1.62. The Bertz CT molecular complexity index is 1590. The molecule has 40 heavy (non-hydrogen) atoms. The predicted octanol–water partition coefficient (Wildman–Crippen LogP) is 5.27. The topological polar surface area (TPSA) is 85.4 Å². The quantitative estimate of drug-likeness (QED) is 0.189. The first-order valence-electron chi connectivity index (χ1n) is 12.9. The van der Waals surface area contributed by atoms with Crippen molar-refractivity contribution in [1.29, 1.82) is 0 Å². The van der Waals surface area contributed by atoms with Crippen LogP contribution in [0.5, 0.6) is 11.5 Å². The monoisotopic (exact) mass is 534 g/mol. The van der Waals surface area contributed by atoms with Gasteiger partial charge in [0.1, 0.15) is 5.92 Å². The summed E-state index contributed by atoms with van der Waals surface area (Å²) in [6.07, 6.45) is -1.00. The Morgan fingerprint density at radius 1 is 0.800 bits per heavy atom. The fourth-order valence-corrected chi connectivity index (χ4v) is 5.29. The van der Waals surface area contributed by atoms with E-state index in [0.29, 0.717) is 28.3 Å². The average molecular weight is 535 g/mol. The average Bonchev–Trinajstić information content (AvgIpc) is 3.50. The lowest BCUT2D eigenvalue weighted by molar-refractivity contribution is -0.126. The SMILES string of the molecule is COc1cc([C@H]2[C@H]3C(=O)N(c4ccccc4C)C(=O)[C@H]3ON2c2ccccc2)ccc1OC(=O)c1ccccc1. The highest BCUT2D eigenvalue weighted by molar-refractivity contribution is 6.24. The van der Waals surface area contributed by atoms with Crippen LogP contribution >= 0.6 is 0 Å². The Balaban J connectivity index is 1.39. The number of imide groups is 1. The van der Waals surface area contributed by atoms with Crippen molar-refractivity contribution in [3.05, 3.63) is 120 Å². The Hall–Kier alpha value is -4.95. The van der Waals surface area contributed by atoms with Crippen molar-refractivity contribution in [3.8, 4) is 11.5 Å². The van der Waals surface area contributed by atoms with Crippen molar-refractivity contribution in [1.82, 2.24) is 0 Å². The molecule has 2 amide bonds. The third-order valence-electron chi connectivity index (χ3n) is 7.22. The number of methoxy groups -OCH3 is 1. The lowest BCUT2D eigenvalue weighted by atomic mass is 9.90. The summed E-state index contributed by atoms with van der Waals surface area (Å²) in [6.45, 7) is 1.86. The molecule has 0 unspecified atom stereocenters. The van der Waals surface area contributed by atoms with Gasteiger partial charge in [-0.15, -0.1) is 0 Å². The second kappa shape index (κ2) is 10.3. The van der Waals surface area contributed by atoms with Crippen LogP contribution in [0, 0.1) is 12.8 Å². The summed E-state index contributed by atoms with van der Waals surface area (Å²) < 4.78 is 11.2. The Morgan fingerprint density at radius 2 is 1.48 bits per heavy atom. The van der Waals surface area contributed by atoms with Crippen LogP contribution in [0.4, 0.5) is 11.4 Å². The number of carbonyl (C=O) groups excluding carboxylic acids is 3. The molecule has 2 saturated heterocycles. The largest absolute Gasteiger partial charge is 0.493 e. The number of hydroxylamine groups is 1. The van der Waals surface area contributed by atoms with Gasteiger partial charge in [-0.25, -0.2) is 14.8 Å². The number of rotatable bonds is 6. The molecule has 200 valence electrons. The van der Waals surface area contributed by atoms with Crippen LogP contribution in [0.1, 0.15) is 27.5 Å². The highest BCUT2D eigenvalue weighted by Crippen LogP contribution is 2.49. The van der Waals surface area contributed by atoms with E-state index in [1.54, 1.807) is 59.7 Å². The predicted molar refractivity (Wildman–Crippen MR) is 148 cm³/mol. The molecule has 4 aromatic carbocycles. The lowest BCUT2D eigenvalue weighted by Gasteiger charge is -2.29. The van der Waals surface area contributed by atoms with Gasteiger partial charge in [-0.1, -0.05) is 60.7 Å². The van der Waals surface area contributed by atoms with Crippen LogP contribution in [0.25, 0.3) is 0 Å². The minimum absolute atomic E-state index is 0.234. The minimum Gasteiger partial charge on any atom is -0.493 e. The van der Waals surface area contributed by atoms with Gasteiger partial charge < -0.3 is 9.47 Å². The Morgan fingerprint density at radius 3 is 2.17 bits per heavy atom. The number of para-hydroxylation sites is 2. The molecule has 8 heteroatoms. The molecule has 3 atom stereocenters. The van der Waals surface area contributed by atoms with Crippen molar-refractivity contribution in [3.63, 3.8) is 0 Å². The summed E-state index contributed by atoms with van der Waals surface area (Å²) in [5.74, 6) is -1.54. The normalized spacial score (nSPS) is 20.0. The van der Waals surface area contributed by atoms with Gasteiger partial charge >= 0.3 is 5.97 Å². The first-order chi connectivity index (χ1) is 19.5. The van der Waals surface area contributed by atoms with Gasteiger partial charge in [0.05, 0.1) is 30.1 Å². The third kappa shape index (κ3) is 4.28. The summed E-state index contributed by atoms with van der Waals surface area (Å²) in [7, 11) is 1.48. The second-order valence-corrected chi connectivity index (χ2v) is 9.62. The highest BCUT2D eigenvalue weighted by Gasteiger charge is 2.60. The maximum absolute atomic E-state index is 13.9. The highest BCUT2D eigenvalue weighted by atomic mass is 16.7. The van der Waals surface area contributed by atoms with E-state index in [2.05, 4.69) is 0 Å². The van der Waals surface area contributed by atoms with E-state index in [1.165, 1.54) is 12.0 Å². The maximum Gasteiger partial charge on any atom is 0.343 e. The molecule has 8 nitrogen and oxygen atoms in total. The van der Waals surface area contributed by atoms with Crippen LogP contribution in [-0.4, -0.2) is 31.0 Å². The molecule has 0 bridgehead atoms. The van der Waals surface area contributed by atoms with Crippen LogP contribution in [0.3, 0.4) is 0 Å². The molecule has 2 fully saturated rings. The van der Waals surface area contributed by atoms with Gasteiger partial charge in [0.2, 0.25) is 5.91 Å². The number of anilines is 2. The van der Waals surface area contributed by atoms with Gasteiger partial charge in [0.25, 0.3) is 5.91 Å². The Kier molecular flexibility index (Phi) is 6.53. The molecule has 2 aliphatic rings. The lowest BCUT2D eigenvalue weighted by Crippen LogP contribution is -2.37. The fourth-order valence-electron chi connectivity index (χ4n) is 5.29. The zero-order valence-corrected chi connectivity index (χ0v) is 21.9. The van der Waals surface area contributed by atoms with Crippen LogP contribution in [0.2, 0.25) is 0 Å². The zero-order chi connectivity index (χ0) is 27.8. The first-order valence-corrected chi connectivity index (χ1v) is 12.9. The van der Waals surface area contributed by atoms with E-state index in [0.717, 1.165) is 5.56 Å². The molecule has 0 spiro atoms. The van der Waals surface area contributed by atoms with Gasteiger partial charge in [-0.2, -0.15) is 0 Å². The number of benzene rings is 4. The molecule has 4 aromatic rings. The van der Waals surface area contributed by atoms with Crippen LogP contribution < -0.4 is 19.4 Å². The van der Waals surface area contributed by atoms with Gasteiger partial charge in [0.15, 0.2) is 17.6 Å². The molecule has 2 aliphatic heterocycles. The molecule has 6 rings (SSSR count). The molecule has 0 aromatic heterocycles. The second-order valence-electron chi connectivity index (χ2n) is 9.62. The molecular formula is C32H26N2O6. The van der Waals surface area contributed by atoms with Gasteiger partial charge in [-0.05, 0) is 60.5 Å². The molecular weight excluding hydrogens is 508 g/mol. The third-order valence-corrected chi connectivity index (χ3v) is 7.22. The van der Waals surface area contributed by atoms with Crippen molar-refractivity contribution < 1.29 is 28.7 Å². The van der Waals surface area contributed by atoms with E-state index >= 15 is 0 Å². The van der Waals surface area contributed by atoms with Crippen LogP contribution in [-0.2, 0) is 14.4 Å². The Labute approximate surface area is 231 Å². The number of hydrogen-bond acceptors (Lipinski definition) is 7. The molecule has 0 radical (unpaired) electrons. The van der Waals surface area contributed by atoms with Gasteiger partial charge in [0, 0.05) is 0 Å². The molecule has 0 saturated carbocycles. The number of ether oxygens (including phenoxy) is 2.